The van der Waals surface area contributed by atoms with E-state index in [1.165, 1.54) is 6.42 Å². The summed E-state index contributed by atoms with van der Waals surface area (Å²) in [6, 6.07) is 0. The SMILES string of the molecule is C=NC(C)(C)CC(C)CC. The zero-order valence-electron chi connectivity index (χ0n) is 7.65. The maximum atomic E-state index is 4.06. The third kappa shape index (κ3) is 3.65. The Bertz CT molecular complexity index is 105. The normalized spacial score (nSPS) is 14.8. The Hall–Kier alpha value is -0.330. The molecule has 0 amide bonds. The van der Waals surface area contributed by atoms with Gasteiger partial charge in [0.25, 0.3) is 0 Å². The lowest BCUT2D eigenvalue weighted by Crippen LogP contribution is -2.19. The van der Waals surface area contributed by atoms with Gasteiger partial charge in [-0.05, 0) is 32.9 Å². The first-order valence-corrected chi connectivity index (χ1v) is 3.99. The van der Waals surface area contributed by atoms with Crippen molar-refractivity contribution in [2.75, 3.05) is 0 Å². The van der Waals surface area contributed by atoms with Gasteiger partial charge < -0.3 is 0 Å². The van der Waals surface area contributed by atoms with Gasteiger partial charge in [0.2, 0.25) is 0 Å². The Morgan fingerprint density at radius 2 is 2.00 bits per heavy atom. The van der Waals surface area contributed by atoms with Crippen molar-refractivity contribution in [1.29, 1.82) is 0 Å². The van der Waals surface area contributed by atoms with Crippen LogP contribution in [0.5, 0.6) is 0 Å². The summed E-state index contributed by atoms with van der Waals surface area (Å²) in [4.78, 5) is 4.06. The van der Waals surface area contributed by atoms with Crippen LogP contribution in [0, 0.1) is 5.92 Å². The van der Waals surface area contributed by atoms with Crippen molar-refractivity contribution >= 4 is 6.72 Å². The van der Waals surface area contributed by atoms with Crippen LogP contribution >= 0.6 is 0 Å². The molecule has 10 heavy (non-hydrogen) atoms. The van der Waals surface area contributed by atoms with Gasteiger partial charge >= 0.3 is 0 Å². The second-order valence-corrected chi connectivity index (χ2v) is 3.69. The predicted octanol–water partition coefficient (Wildman–Crippen LogP) is 2.90. The summed E-state index contributed by atoms with van der Waals surface area (Å²) in [6.07, 6.45) is 2.38. The monoisotopic (exact) mass is 141 g/mol. The van der Waals surface area contributed by atoms with Crippen molar-refractivity contribution in [3.63, 3.8) is 0 Å². The molecule has 0 saturated heterocycles. The first-order chi connectivity index (χ1) is 4.52. The van der Waals surface area contributed by atoms with E-state index in [0.29, 0.717) is 0 Å². The molecule has 1 atom stereocenters. The van der Waals surface area contributed by atoms with Gasteiger partial charge in [-0.25, -0.2) is 0 Å². The summed E-state index contributed by atoms with van der Waals surface area (Å²) < 4.78 is 0. The molecular weight excluding hydrogens is 122 g/mol. The molecule has 1 unspecified atom stereocenters. The molecule has 0 saturated carbocycles. The second-order valence-electron chi connectivity index (χ2n) is 3.69. The van der Waals surface area contributed by atoms with E-state index in [9.17, 15) is 0 Å². The van der Waals surface area contributed by atoms with Crippen LogP contribution in [0.4, 0.5) is 0 Å². The van der Waals surface area contributed by atoms with Crippen LogP contribution in [0.3, 0.4) is 0 Å². The van der Waals surface area contributed by atoms with E-state index in [0.717, 1.165) is 12.3 Å². The highest BCUT2D eigenvalue weighted by Gasteiger charge is 2.16. The maximum Gasteiger partial charge on any atom is 0.0547 e. The smallest absolute Gasteiger partial charge is 0.0547 e. The lowest BCUT2D eigenvalue weighted by atomic mass is 9.91. The number of nitrogens with zero attached hydrogens (tertiary/aromatic N) is 1. The minimum atomic E-state index is 0.0788. The minimum absolute atomic E-state index is 0.0788. The standard InChI is InChI=1S/C9H19N/c1-6-8(2)7-9(3,4)10-5/h8H,5-7H2,1-4H3. The molecule has 0 spiro atoms. The van der Waals surface area contributed by atoms with Gasteiger partial charge in [-0.3, -0.25) is 4.99 Å². The van der Waals surface area contributed by atoms with Crippen LogP contribution in [0.1, 0.15) is 40.5 Å². The minimum Gasteiger partial charge on any atom is -0.295 e. The summed E-state index contributed by atoms with van der Waals surface area (Å²) >= 11 is 0. The summed E-state index contributed by atoms with van der Waals surface area (Å²) in [5.41, 5.74) is 0.0788. The molecule has 0 aliphatic rings. The van der Waals surface area contributed by atoms with E-state index in [-0.39, 0.29) is 5.54 Å². The summed E-state index contributed by atoms with van der Waals surface area (Å²) in [6.45, 7) is 12.3. The molecule has 0 aromatic rings. The van der Waals surface area contributed by atoms with Crippen molar-refractivity contribution in [3.05, 3.63) is 0 Å². The molecule has 0 heterocycles. The Kier molecular flexibility index (Phi) is 3.62. The van der Waals surface area contributed by atoms with Gasteiger partial charge in [-0.15, -0.1) is 0 Å². The van der Waals surface area contributed by atoms with Gasteiger partial charge in [0.1, 0.15) is 0 Å². The van der Waals surface area contributed by atoms with Crippen LogP contribution < -0.4 is 0 Å². The highest BCUT2D eigenvalue weighted by Crippen LogP contribution is 2.21. The lowest BCUT2D eigenvalue weighted by molar-refractivity contribution is 0.377. The van der Waals surface area contributed by atoms with Gasteiger partial charge in [0, 0.05) is 0 Å². The molecule has 0 radical (unpaired) electrons. The van der Waals surface area contributed by atoms with Gasteiger partial charge in [-0.1, -0.05) is 20.3 Å². The molecule has 1 heteroatoms. The van der Waals surface area contributed by atoms with Crippen LogP contribution in [-0.4, -0.2) is 12.3 Å². The van der Waals surface area contributed by atoms with Crippen molar-refractivity contribution in [1.82, 2.24) is 0 Å². The Labute approximate surface area is 64.6 Å². The molecule has 0 fully saturated rings. The van der Waals surface area contributed by atoms with Crippen LogP contribution in [-0.2, 0) is 0 Å². The zero-order chi connectivity index (χ0) is 8.20. The second kappa shape index (κ2) is 3.75. The lowest BCUT2D eigenvalue weighted by Gasteiger charge is -2.22. The molecule has 0 aliphatic carbocycles. The summed E-state index contributed by atoms with van der Waals surface area (Å²) in [5, 5.41) is 0. The van der Waals surface area contributed by atoms with Crippen molar-refractivity contribution < 1.29 is 0 Å². The third-order valence-electron chi connectivity index (χ3n) is 1.97. The molecule has 0 N–H and O–H groups in total. The summed E-state index contributed by atoms with van der Waals surface area (Å²) in [5.74, 6) is 0.764. The first kappa shape index (κ1) is 9.67. The van der Waals surface area contributed by atoms with E-state index in [2.05, 4.69) is 39.4 Å². The molecular formula is C9H19N. The fourth-order valence-electron chi connectivity index (χ4n) is 1.06. The van der Waals surface area contributed by atoms with E-state index in [1.54, 1.807) is 0 Å². The third-order valence-corrected chi connectivity index (χ3v) is 1.97. The largest absolute Gasteiger partial charge is 0.295 e. The number of hydrogen-bond donors (Lipinski definition) is 0. The van der Waals surface area contributed by atoms with Crippen LogP contribution in [0.2, 0.25) is 0 Å². The fourth-order valence-corrected chi connectivity index (χ4v) is 1.06. The quantitative estimate of drug-likeness (QED) is 0.534. The van der Waals surface area contributed by atoms with E-state index in [4.69, 9.17) is 0 Å². The molecule has 0 aliphatic heterocycles. The van der Waals surface area contributed by atoms with Gasteiger partial charge in [-0.2, -0.15) is 0 Å². The average molecular weight is 141 g/mol. The van der Waals surface area contributed by atoms with E-state index < -0.39 is 0 Å². The Morgan fingerprint density at radius 1 is 1.50 bits per heavy atom. The topological polar surface area (TPSA) is 12.4 Å². The van der Waals surface area contributed by atoms with Crippen LogP contribution in [0.25, 0.3) is 0 Å². The van der Waals surface area contributed by atoms with Crippen LogP contribution in [0.15, 0.2) is 4.99 Å². The van der Waals surface area contributed by atoms with Crippen molar-refractivity contribution in [2.24, 2.45) is 10.9 Å². The fraction of sp³-hybridized carbons (Fsp3) is 0.889. The Morgan fingerprint density at radius 3 is 2.30 bits per heavy atom. The Balaban J connectivity index is 3.75. The van der Waals surface area contributed by atoms with Crippen molar-refractivity contribution in [3.8, 4) is 0 Å². The number of hydrogen-bond acceptors (Lipinski definition) is 1. The number of aliphatic imine (C=N–C) groups is 1. The molecule has 60 valence electrons. The molecule has 0 bridgehead atoms. The highest BCUT2D eigenvalue weighted by molar-refractivity contribution is 5.25. The van der Waals surface area contributed by atoms with Gasteiger partial charge in [0.05, 0.1) is 5.54 Å². The first-order valence-electron chi connectivity index (χ1n) is 3.99. The molecule has 0 rings (SSSR count). The van der Waals surface area contributed by atoms with Crippen molar-refractivity contribution in [2.45, 2.75) is 46.1 Å². The average Bonchev–Trinajstić information content (AvgIpc) is 1.87. The predicted molar refractivity (Wildman–Crippen MR) is 47.7 cm³/mol. The molecule has 1 nitrogen and oxygen atoms in total. The molecule has 0 aromatic carbocycles. The van der Waals surface area contributed by atoms with E-state index in [1.807, 2.05) is 0 Å². The highest BCUT2D eigenvalue weighted by atomic mass is 14.8. The van der Waals surface area contributed by atoms with E-state index >= 15 is 0 Å². The number of rotatable bonds is 4. The van der Waals surface area contributed by atoms with Gasteiger partial charge in [0.15, 0.2) is 0 Å². The summed E-state index contributed by atoms with van der Waals surface area (Å²) in [7, 11) is 0. The zero-order valence-corrected chi connectivity index (χ0v) is 7.65. The maximum absolute atomic E-state index is 4.06. The molecule has 0 aromatic heterocycles.